The first kappa shape index (κ1) is 10.7. The Balaban J connectivity index is 2.54. The third-order valence-electron chi connectivity index (χ3n) is 3.13. The van der Waals surface area contributed by atoms with Crippen LogP contribution >= 0.6 is 0 Å². The molecule has 76 valence electrons. The normalized spacial score (nSPS) is 38.6. The molecular formula is C11H20O2. The van der Waals surface area contributed by atoms with Crippen molar-refractivity contribution >= 4 is 0 Å². The topological polar surface area (TPSA) is 29.5 Å². The van der Waals surface area contributed by atoms with Gasteiger partial charge < -0.3 is 9.84 Å². The fourth-order valence-electron chi connectivity index (χ4n) is 1.72. The lowest BCUT2D eigenvalue weighted by molar-refractivity contribution is -0.0471. The second-order valence-electron chi connectivity index (χ2n) is 4.31. The van der Waals surface area contributed by atoms with Crippen molar-refractivity contribution in [2.45, 2.75) is 51.4 Å². The first-order valence-electron chi connectivity index (χ1n) is 4.98. The van der Waals surface area contributed by atoms with Gasteiger partial charge in [0, 0.05) is 5.92 Å². The lowest BCUT2D eigenvalue weighted by atomic mass is 9.95. The number of aliphatic hydroxyl groups excluding tert-OH is 1. The van der Waals surface area contributed by atoms with Gasteiger partial charge in [-0.15, -0.1) is 6.58 Å². The summed E-state index contributed by atoms with van der Waals surface area (Å²) in [6, 6.07) is 0. The molecule has 1 saturated heterocycles. The fraction of sp³-hybridized carbons (Fsp3) is 0.818. The first-order chi connectivity index (χ1) is 5.98. The van der Waals surface area contributed by atoms with E-state index in [9.17, 15) is 5.11 Å². The van der Waals surface area contributed by atoms with Crippen LogP contribution in [-0.4, -0.2) is 22.9 Å². The number of hydrogen-bond acceptors (Lipinski definition) is 2. The molecule has 4 atom stereocenters. The zero-order chi connectivity index (χ0) is 10.1. The van der Waals surface area contributed by atoms with Crippen molar-refractivity contribution in [3.05, 3.63) is 12.7 Å². The second-order valence-corrected chi connectivity index (χ2v) is 4.31. The molecular weight excluding hydrogens is 164 g/mol. The summed E-state index contributed by atoms with van der Waals surface area (Å²) in [6.45, 7) is 9.66. The molecule has 2 nitrogen and oxygen atoms in total. The van der Waals surface area contributed by atoms with Crippen LogP contribution in [0.5, 0.6) is 0 Å². The van der Waals surface area contributed by atoms with E-state index in [1.165, 1.54) is 0 Å². The van der Waals surface area contributed by atoms with E-state index in [1.807, 2.05) is 19.9 Å². The number of hydrogen-bond donors (Lipinski definition) is 1. The van der Waals surface area contributed by atoms with Gasteiger partial charge >= 0.3 is 0 Å². The highest BCUT2D eigenvalue weighted by Gasteiger charge is 2.37. The van der Waals surface area contributed by atoms with Crippen molar-refractivity contribution in [1.29, 1.82) is 0 Å². The Morgan fingerprint density at radius 2 is 2.23 bits per heavy atom. The van der Waals surface area contributed by atoms with E-state index in [1.54, 1.807) is 0 Å². The summed E-state index contributed by atoms with van der Waals surface area (Å²) in [4.78, 5) is 0. The maximum absolute atomic E-state index is 9.42. The van der Waals surface area contributed by atoms with Crippen LogP contribution in [0.3, 0.4) is 0 Å². The van der Waals surface area contributed by atoms with Crippen molar-refractivity contribution in [3.8, 4) is 0 Å². The van der Waals surface area contributed by atoms with Gasteiger partial charge in [-0.1, -0.05) is 13.0 Å². The third kappa shape index (κ3) is 2.32. The lowest BCUT2D eigenvalue weighted by Gasteiger charge is -2.25. The van der Waals surface area contributed by atoms with E-state index in [0.717, 1.165) is 12.8 Å². The minimum Gasteiger partial charge on any atom is -0.393 e. The molecule has 0 spiro atoms. The molecule has 1 N–H and O–H groups in total. The van der Waals surface area contributed by atoms with E-state index in [-0.39, 0.29) is 23.7 Å². The maximum Gasteiger partial charge on any atom is 0.0836 e. The Bertz CT molecular complexity index is 189. The van der Waals surface area contributed by atoms with E-state index in [2.05, 4.69) is 13.5 Å². The van der Waals surface area contributed by atoms with E-state index >= 15 is 0 Å². The van der Waals surface area contributed by atoms with Gasteiger partial charge in [0.1, 0.15) is 0 Å². The van der Waals surface area contributed by atoms with Crippen molar-refractivity contribution in [2.24, 2.45) is 5.92 Å². The molecule has 1 fully saturated rings. The number of ether oxygens (including phenoxy) is 1. The molecule has 1 aliphatic heterocycles. The van der Waals surface area contributed by atoms with Gasteiger partial charge in [-0.05, 0) is 26.7 Å². The Hall–Kier alpha value is -0.340. The monoisotopic (exact) mass is 184 g/mol. The molecule has 1 aliphatic rings. The molecule has 0 aromatic rings. The van der Waals surface area contributed by atoms with Crippen LogP contribution in [0.15, 0.2) is 12.7 Å². The van der Waals surface area contributed by atoms with Crippen LogP contribution in [-0.2, 0) is 4.74 Å². The predicted octanol–water partition coefficient (Wildman–Crippen LogP) is 2.13. The molecule has 4 unspecified atom stereocenters. The van der Waals surface area contributed by atoms with Gasteiger partial charge in [-0.3, -0.25) is 0 Å². The van der Waals surface area contributed by atoms with Crippen LogP contribution in [0.2, 0.25) is 0 Å². The molecule has 1 rings (SSSR count). The smallest absolute Gasteiger partial charge is 0.0836 e. The Morgan fingerprint density at radius 3 is 2.62 bits per heavy atom. The van der Waals surface area contributed by atoms with Gasteiger partial charge in [0.25, 0.3) is 0 Å². The number of aliphatic hydroxyl groups is 1. The molecule has 0 bridgehead atoms. The minimum absolute atomic E-state index is 0.173. The van der Waals surface area contributed by atoms with E-state index < -0.39 is 0 Å². The maximum atomic E-state index is 9.42. The van der Waals surface area contributed by atoms with E-state index in [4.69, 9.17) is 4.74 Å². The zero-order valence-corrected chi connectivity index (χ0v) is 8.79. The van der Waals surface area contributed by atoms with Crippen molar-refractivity contribution in [2.75, 3.05) is 0 Å². The molecule has 0 aromatic heterocycles. The molecule has 0 radical (unpaired) electrons. The van der Waals surface area contributed by atoms with Crippen LogP contribution < -0.4 is 0 Å². The van der Waals surface area contributed by atoms with Gasteiger partial charge in [-0.2, -0.15) is 0 Å². The van der Waals surface area contributed by atoms with E-state index in [0.29, 0.717) is 0 Å². The van der Waals surface area contributed by atoms with Crippen molar-refractivity contribution < 1.29 is 9.84 Å². The Kier molecular flexibility index (Phi) is 3.14. The first-order valence-corrected chi connectivity index (χ1v) is 4.98. The summed E-state index contributed by atoms with van der Waals surface area (Å²) in [6.07, 6.45) is 3.79. The summed E-state index contributed by atoms with van der Waals surface area (Å²) in [5.74, 6) is 0.210. The molecule has 0 aromatic carbocycles. The van der Waals surface area contributed by atoms with Gasteiger partial charge in [0.05, 0.1) is 17.8 Å². The highest BCUT2D eigenvalue weighted by atomic mass is 16.5. The summed E-state index contributed by atoms with van der Waals surface area (Å²) in [5, 5.41) is 9.42. The zero-order valence-electron chi connectivity index (χ0n) is 8.79. The Labute approximate surface area is 80.6 Å². The SMILES string of the molecule is C=CC1(C)CCC(C(C)C(C)O)O1. The van der Waals surface area contributed by atoms with Crippen molar-refractivity contribution in [1.82, 2.24) is 0 Å². The van der Waals surface area contributed by atoms with Crippen molar-refractivity contribution in [3.63, 3.8) is 0 Å². The molecule has 0 amide bonds. The van der Waals surface area contributed by atoms with Crippen LogP contribution in [0.4, 0.5) is 0 Å². The largest absolute Gasteiger partial charge is 0.393 e. The van der Waals surface area contributed by atoms with Gasteiger partial charge in [0.2, 0.25) is 0 Å². The summed E-state index contributed by atoms with van der Waals surface area (Å²) in [5.41, 5.74) is -0.173. The average Bonchev–Trinajstić information content (AvgIpc) is 2.47. The molecule has 0 aliphatic carbocycles. The lowest BCUT2D eigenvalue weighted by Crippen LogP contribution is -2.30. The highest BCUT2D eigenvalue weighted by molar-refractivity contribution is 4.99. The summed E-state index contributed by atoms with van der Waals surface area (Å²) < 4.78 is 5.84. The molecule has 2 heteroatoms. The van der Waals surface area contributed by atoms with Gasteiger partial charge in [-0.25, -0.2) is 0 Å². The Morgan fingerprint density at radius 1 is 1.62 bits per heavy atom. The second kappa shape index (κ2) is 3.81. The molecule has 13 heavy (non-hydrogen) atoms. The fourth-order valence-corrected chi connectivity index (χ4v) is 1.72. The summed E-state index contributed by atoms with van der Waals surface area (Å²) >= 11 is 0. The number of rotatable bonds is 3. The minimum atomic E-state index is -0.294. The van der Waals surface area contributed by atoms with Crippen LogP contribution in [0, 0.1) is 5.92 Å². The highest BCUT2D eigenvalue weighted by Crippen LogP contribution is 2.35. The van der Waals surface area contributed by atoms with Crippen LogP contribution in [0.25, 0.3) is 0 Å². The summed E-state index contributed by atoms with van der Waals surface area (Å²) in [7, 11) is 0. The quantitative estimate of drug-likeness (QED) is 0.681. The molecule has 1 heterocycles. The van der Waals surface area contributed by atoms with Crippen LogP contribution in [0.1, 0.15) is 33.6 Å². The molecule has 0 saturated carbocycles. The average molecular weight is 184 g/mol. The predicted molar refractivity (Wildman–Crippen MR) is 53.6 cm³/mol. The standard InChI is InChI=1S/C11H20O2/c1-5-11(4)7-6-10(13-11)8(2)9(3)12/h5,8-10,12H,1,6-7H2,2-4H3. The van der Waals surface area contributed by atoms with Gasteiger partial charge in [0.15, 0.2) is 0 Å². The third-order valence-corrected chi connectivity index (χ3v) is 3.13.